The van der Waals surface area contributed by atoms with Crippen molar-refractivity contribution in [3.05, 3.63) is 59.9 Å². The molecule has 0 spiro atoms. The Balaban J connectivity index is 1.70. The van der Waals surface area contributed by atoms with Crippen molar-refractivity contribution in [2.45, 2.75) is 39.0 Å². The third kappa shape index (κ3) is 2.61. The molecule has 0 bridgehead atoms. The first-order chi connectivity index (χ1) is 12.6. The molecule has 1 aliphatic carbocycles. The fourth-order valence-electron chi connectivity index (χ4n) is 4.31. The smallest absolute Gasteiger partial charge is 0.238 e. The quantitative estimate of drug-likeness (QED) is 0.624. The van der Waals surface area contributed by atoms with Gasteiger partial charge in [0.1, 0.15) is 11.3 Å². The molecule has 1 aliphatic heterocycles. The van der Waals surface area contributed by atoms with Crippen LogP contribution in [-0.4, -0.2) is 11.8 Å². The summed E-state index contributed by atoms with van der Waals surface area (Å²) in [6.07, 6.45) is 10.1. The fraction of sp³-hybridized carbons (Fsp3) is 0.364. The number of unbranched alkanes of at least 4 members (excludes halogenated alkanes) is 2. The molecule has 1 saturated heterocycles. The highest BCUT2D eigenvalue weighted by Crippen LogP contribution is 2.48. The molecule has 134 valence electrons. The Morgan fingerprint density at radius 1 is 1.19 bits per heavy atom. The van der Waals surface area contributed by atoms with E-state index < -0.39 is 11.3 Å². The minimum atomic E-state index is -0.764. The molecule has 1 aromatic carbocycles. The summed E-state index contributed by atoms with van der Waals surface area (Å²) < 4.78 is 5.97. The van der Waals surface area contributed by atoms with Gasteiger partial charge in [0, 0.05) is 11.8 Å². The molecule has 0 saturated carbocycles. The number of hydrogen-bond donors (Lipinski definition) is 1. The van der Waals surface area contributed by atoms with Crippen molar-refractivity contribution >= 4 is 22.8 Å². The number of benzene rings is 1. The average Bonchev–Trinajstić information content (AvgIpc) is 3.15. The van der Waals surface area contributed by atoms with Crippen molar-refractivity contribution in [2.24, 2.45) is 11.3 Å². The molecule has 2 aliphatic rings. The maximum Gasteiger partial charge on any atom is 0.238 e. The lowest BCUT2D eigenvalue weighted by Gasteiger charge is -2.34. The van der Waals surface area contributed by atoms with E-state index in [1.165, 1.54) is 0 Å². The summed E-state index contributed by atoms with van der Waals surface area (Å²) in [5.41, 5.74) is 1.06. The molecule has 4 heteroatoms. The van der Waals surface area contributed by atoms with Crippen LogP contribution >= 0.6 is 0 Å². The van der Waals surface area contributed by atoms with Crippen molar-refractivity contribution in [1.82, 2.24) is 5.32 Å². The van der Waals surface area contributed by atoms with E-state index in [4.69, 9.17) is 4.42 Å². The van der Waals surface area contributed by atoms with Crippen LogP contribution in [0.5, 0.6) is 0 Å². The standard InChI is InChI=1S/C22H23NO3/c1-2-3-6-12-22-16(9-7-10-18(22)20(24)23-21(22)25)14-17-13-15-8-4-5-11-19(15)26-17/h4-5,7-11,13,18H,2-3,6,12,14H2,1H3,(H,23,24,25). The van der Waals surface area contributed by atoms with Gasteiger partial charge in [0.25, 0.3) is 0 Å². The Hall–Kier alpha value is -2.62. The molecule has 1 fully saturated rings. The first-order valence-electron chi connectivity index (χ1n) is 9.35. The predicted molar refractivity (Wildman–Crippen MR) is 100 cm³/mol. The number of hydrogen-bond acceptors (Lipinski definition) is 3. The highest BCUT2D eigenvalue weighted by atomic mass is 16.3. The Morgan fingerprint density at radius 3 is 2.85 bits per heavy atom. The van der Waals surface area contributed by atoms with Gasteiger partial charge in [-0.2, -0.15) is 0 Å². The maximum atomic E-state index is 12.9. The molecule has 2 heterocycles. The first-order valence-corrected chi connectivity index (χ1v) is 9.35. The van der Waals surface area contributed by atoms with E-state index in [0.29, 0.717) is 12.8 Å². The molecular weight excluding hydrogens is 326 g/mol. The van der Waals surface area contributed by atoms with E-state index >= 15 is 0 Å². The van der Waals surface area contributed by atoms with Gasteiger partial charge < -0.3 is 4.42 Å². The second-order valence-electron chi connectivity index (χ2n) is 7.23. The van der Waals surface area contributed by atoms with E-state index in [9.17, 15) is 9.59 Å². The van der Waals surface area contributed by atoms with E-state index in [2.05, 4.69) is 12.2 Å². The van der Waals surface area contributed by atoms with Crippen LogP contribution < -0.4 is 5.32 Å². The molecule has 2 amide bonds. The Bertz CT molecular complexity index is 887. The number of fused-ring (bicyclic) bond motifs is 2. The van der Waals surface area contributed by atoms with E-state index in [-0.39, 0.29) is 11.8 Å². The molecule has 0 radical (unpaired) electrons. The summed E-state index contributed by atoms with van der Waals surface area (Å²) in [6, 6.07) is 9.92. The maximum absolute atomic E-state index is 12.9. The van der Waals surface area contributed by atoms with Crippen LogP contribution in [0.25, 0.3) is 11.0 Å². The lowest BCUT2D eigenvalue weighted by molar-refractivity contribution is -0.127. The van der Waals surface area contributed by atoms with Gasteiger partial charge >= 0.3 is 0 Å². The monoisotopic (exact) mass is 349 g/mol. The highest BCUT2D eigenvalue weighted by Gasteiger charge is 2.56. The second-order valence-corrected chi connectivity index (χ2v) is 7.23. The number of carbonyl (C=O) groups excluding carboxylic acids is 2. The Kier molecular flexibility index (Phi) is 4.27. The molecule has 2 unspecified atom stereocenters. The number of rotatable bonds is 6. The molecular formula is C22H23NO3. The SMILES string of the molecule is CCCCCC12C(=O)NC(=O)C1C=CC=C2Cc1cc2ccccc2o1. The zero-order valence-electron chi connectivity index (χ0n) is 15.0. The molecule has 2 atom stereocenters. The van der Waals surface area contributed by atoms with Crippen molar-refractivity contribution < 1.29 is 14.0 Å². The average molecular weight is 349 g/mol. The number of allylic oxidation sites excluding steroid dienone is 2. The van der Waals surface area contributed by atoms with Gasteiger partial charge in [-0.3, -0.25) is 14.9 Å². The Morgan fingerprint density at radius 2 is 2.04 bits per heavy atom. The van der Waals surface area contributed by atoms with Crippen LogP contribution in [0, 0.1) is 11.3 Å². The van der Waals surface area contributed by atoms with Gasteiger partial charge in [-0.25, -0.2) is 0 Å². The van der Waals surface area contributed by atoms with Gasteiger partial charge in [0.15, 0.2) is 0 Å². The summed E-state index contributed by atoms with van der Waals surface area (Å²) in [4.78, 5) is 25.2. The zero-order chi connectivity index (χ0) is 18.1. The van der Waals surface area contributed by atoms with Crippen LogP contribution in [0.1, 0.15) is 38.4 Å². The van der Waals surface area contributed by atoms with E-state index in [1.54, 1.807) is 0 Å². The third-order valence-electron chi connectivity index (χ3n) is 5.65. The number of amides is 2. The number of imide groups is 1. The van der Waals surface area contributed by atoms with Crippen molar-refractivity contribution in [2.75, 3.05) is 0 Å². The van der Waals surface area contributed by atoms with Gasteiger partial charge in [-0.1, -0.05) is 62.6 Å². The van der Waals surface area contributed by atoms with Crippen LogP contribution in [-0.2, 0) is 16.0 Å². The summed E-state index contributed by atoms with van der Waals surface area (Å²) in [5, 5.41) is 3.62. The largest absolute Gasteiger partial charge is 0.461 e. The normalized spacial score (nSPS) is 24.7. The summed E-state index contributed by atoms with van der Waals surface area (Å²) >= 11 is 0. The van der Waals surface area contributed by atoms with Crippen LogP contribution in [0.2, 0.25) is 0 Å². The first kappa shape index (κ1) is 16.8. The van der Waals surface area contributed by atoms with Gasteiger partial charge in [0.05, 0.1) is 11.3 Å². The predicted octanol–water partition coefficient (Wildman–Crippen LogP) is 4.31. The molecule has 1 aromatic heterocycles. The number of para-hydroxylation sites is 1. The number of nitrogens with one attached hydrogen (secondary N) is 1. The van der Waals surface area contributed by atoms with Crippen molar-refractivity contribution in [1.29, 1.82) is 0 Å². The summed E-state index contributed by atoms with van der Waals surface area (Å²) in [5.74, 6) is 0.0815. The van der Waals surface area contributed by atoms with Gasteiger partial charge in [0.2, 0.25) is 11.8 Å². The highest BCUT2D eigenvalue weighted by molar-refractivity contribution is 6.10. The van der Waals surface area contributed by atoms with Crippen LogP contribution in [0.15, 0.2) is 58.6 Å². The molecule has 1 N–H and O–H groups in total. The molecule has 4 nitrogen and oxygen atoms in total. The van der Waals surface area contributed by atoms with Gasteiger partial charge in [-0.05, 0) is 24.1 Å². The molecule has 4 rings (SSSR count). The Labute approximate surface area is 152 Å². The van der Waals surface area contributed by atoms with Crippen molar-refractivity contribution in [3.8, 4) is 0 Å². The topological polar surface area (TPSA) is 59.3 Å². The minimum absolute atomic E-state index is 0.157. The summed E-state index contributed by atoms with van der Waals surface area (Å²) in [7, 11) is 0. The fourth-order valence-corrected chi connectivity index (χ4v) is 4.31. The van der Waals surface area contributed by atoms with Crippen molar-refractivity contribution in [3.63, 3.8) is 0 Å². The second kappa shape index (κ2) is 6.60. The third-order valence-corrected chi connectivity index (χ3v) is 5.65. The van der Waals surface area contributed by atoms with Crippen LogP contribution in [0.3, 0.4) is 0 Å². The van der Waals surface area contributed by atoms with E-state index in [0.717, 1.165) is 41.6 Å². The van der Waals surface area contributed by atoms with Gasteiger partial charge in [-0.15, -0.1) is 0 Å². The molecule has 26 heavy (non-hydrogen) atoms. The lowest BCUT2D eigenvalue weighted by Crippen LogP contribution is -2.38. The number of carbonyl (C=O) groups is 2. The number of furan rings is 1. The minimum Gasteiger partial charge on any atom is -0.461 e. The summed E-state index contributed by atoms with van der Waals surface area (Å²) in [6.45, 7) is 2.14. The lowest BCUT2D eigenvalue weighted by atomic mass is 9.65. The van der Waals surface area contributed by atoms with E-state index in [1.807, 2.05) is 48.6 Å². The molecule has 2 aromatic rings. The van der Waals surface area contributed by atoms with Crippen LogP contribution in [0.4, 0.5) is 0 Å². The zero-order valence-corrected chi connectivity index (χ0v) is 15.0.